The molecular formula is C24H32N6O3. The van der Waals surface area contributed by atoms with Gasteiger partial charge in [0, 0.05) is 39.0 Å². The van der Waals surface area contributed by atoms with Crippen LogP contribution in [0.3, 0.4) is 0 Å². The van der Waals surface area contributed by atoms with E-state index in [0.717, 1.165) is 55.8 Å². The predicted octanol–water partition coefficient (Wildman–Crippen LogP) is 2.26. The second-order valence-electron chi connectivity index (χ2n) is 8.45. The number of hydrogen-bond acceptors (Lipinski definition) is 5. The van der Waals surface area contributed by atoms with Crippen molar-refractivity contribution < 1.29 is 14.2 Å². The molecule has 6 N–H and O–H groups in total. The Morgan fingerprint density at radius 3 is 2.24 bits per heavy atom. The maximum atomic E-state index is 7.70. The molecule has 0 unspecified atom stereocenters. The van der Waals surface area contributed by atoms with Gasteiger partial charge in [-0.2, -0.15) is 0 Å². The van der Waals surface area contributed by atoms with E-state index in [9.17, 15) is 0 Å². The molecule has 2 aliphatic rings. The molecule has 33 heavy (non-hydrogen) atoms. The first kappa shape index (κ1) is 22.6. The molecule has 0 saturated carbocycles. The quantitative estimate of drug-likeness (QED) is 0.390. The first-order valence-electron chi connectivity index (χ1n) is 11.2. The molecule has 2 aliphatic heterocycles. The maximum Gasteiger partial charge on any atom is 0.188 e. The summed E-state index contributed by atoms with van der Waals surface area (Å²) in [6.45, 7) is 3.23. The Kier molecular flexibility index (Phi) is 6.76. The Morgan fingerprint density at radius 2 is 1.61 bits per heavy atom. The van der Waals surface area contributed by atoms with Crippen molar-refractivity contribution in [2.75, 3.05) is 26.7 Å². The number of nitrogens with zero attached hydrogens (tertiary/aromatic N) is 2. The van der Waals surface area contributed by atoms with E-state index in [4.69, 9.17) is 36.5 Å². The Morgan fingerprint density at radius 1 is 0.939 bits per heavy atom. The summed E-state index contributed by atoms with van der Waals surface area (Å²) in [4.78, 5) is 3.72. The number of fused-ring (bicyclic) bond motifs is 1. The number of hydrogen-bond donors (Lipinski definition) is 4. The fraction of sp³-hybridized carbons (Fsp3) is 0.417. The van der Waals surface area contributed by atoms with E-state index in [-0.39, 0.29) is 18.0 Å². The molecule has 0 aromatic heterocycles. The number of piperidine rings is 1. The number of nitrogens with one attached hydrogen (secondary N) is 2. The van der Waals surface area contributed by atoms with Crippen molar-refractivity contribution in [2.45, 2.75) is 38.5 Å². The molecule has 0 aliphatic carbocycles. The molecule has 0 atom stereocenters. The van der Waals surface area contributed by atoms with Crippen molar-refractivity contribution >= 4 is 11.9 Å². The lowest BCUT2D eigenvalue weighted by Crippen LogP contribution is -2.44. The summed E-state index contributed by atoms with van der Waals surface area (Å²) in [7, 11) is 1.65. The van der Waals surface area contributed by atoms with E-state index in [2.05, 4.69) is 0 Å². The summed E-state index contributed by atoms with van der Waals surface area (Å²) in [6, 6.07) is 11.9. The molecular weight excluding hydrogens is 420 g/mol. The van der Waals surface area contributed by atoms with Crippen molar-refractivity contribution in [1.29, 1.82) is 10.8 Å². The van der Waals surface area contributed by atoms with Crippen LogP contribution in [0.1, 0.15) is 29.5 Å². The van der Waals surface area contributed by atoms with Crippen LogP contribution >= 0.6 is 0 Å². The molecule has 176 valence electrons. The van der Waals surface area contributed by atoms with Crippen molar-refractivity contribution in [1.82, 2.24) is 9.80 Å². The van der Waals surface area contributed by atoms with E-state index < -0.39 is 0 Å². The summed E-state index contributed by atoms with van der Waals surface area (Å²) < 4.78 is 17.7. The lowest BCUT2D eigenvalue weighted by Gasteiger charge is -2.32. The molecule has 2 aromatic carbocycles. The highest BCUT2D eigenvalue weighted by atomic mass is 16.5. The summed E-state index contributed by atoms with van der Waals surface area (Å²) >= 11 is 0. The normalized spacial score (nSPS) is 16.2. The Balaban J connectivity index is 1.35. The largest absolute Gasteiger partial charge is 0.493 e. The average Bonchev–Trinajstić information content (AvgIpc) is 2.83. The minimum atomic E-state index is 0.0886. The summed E-state index contributed by atoms with van der Waals surface area (Å²) in [5.41, 5.74) is 14.6. The van der Waals surface area contributed by atoms with Gasteiger partial charge in [0.05, 0.1) is 7.11 Å². The predicted molar refractivity (Wildman–Crippen MR) is 127 cm³/mol. The first-order chi connectivity index (χ1) is 15.9. The van der Waals surface area contributed by atoms with E-state index in [1.54, 1.807) is 7.11 Å². The number of likely N-dealkylation sites (tertiary alicyclic amines) is 1. The summed E-state index contributed by atoms with van der Waals surface area (Å²) in [6.07, 6.45) is 2.66. The van der Waals surface area contributed by atoms with Gasteiger partial charge in [-0.25, -0.2) is 0 Å². The molecule has 0 bridgehead atoms. The zero-order chi connectivity index (χ0) is 23.4. The third-order valence-electron chi connectivity index (χ3n) is 6.24. The lowest BCUT2D eigenvalue weighted by atomic mass is 9.99. The van der Waals surface area contributed by atoms with Crippen LogP contribution in [-0.4, -0.2) is 54.6 Å². The van der Waals surface area contributed by atoms with Gasteiger partial charge < -0.3 is 35.5 Å². The third kappa shape index (κ3) is 5.42. The van der Waals surface area contributed by atoms with Crippen LogP contribution in [0.15, 0.2) is 36.4 Å². The molecule has 1 fully saturated rings. The number of methoxy groups -OCH3 is 1. The monoisotopic (exact) mass is 452 g/mol. The van der Waals surface area contributed by atoms with Crippen molar-refractivity contribution in [2.24, 2.45) is 11.5 Å². The highest BCUT2D eigenvalue weighted by Gasteiger charge is 2.22. The lowest BCUT2D eigenvalue weighted by molar-refractivity contribution is 0.130. The molecule has 0 radical (unpaired) electrons. The van der Waals surface area contributed by atoms with Gasteiger partial charge in [-0.15, -0.1) is 0 Å². The molecule has 2 heterocycles. The van der Waals surface area contributed by atoms with Crippen molar-refractivity contribution in [3.05, 3.63) is 53.1 Å². The van der Waals surface area contributed by atoms with Gasteiger partial charge in [-0.3, -0.25) is 10.8 Å². The van der Waals surface area contributed by atoms with Gasteiger partial charge in [-0.05, 0) is 47.4 Å². The standard InChI is InChI=1S/C24H32N6O3/c1-31-21-12-17-6-9-30(24(27)28)14-18(17)13-22(21)32-15-16-2-4-19(5-3-16)33-20-7-10-29(11-8-20)23(25)26/h2-5,12-13,20H,6-11,14-15H2,1H3,(H3,25,26)(H3,27,28). The summed E-state index contributed by atoms with van der Waals surface area (Å²) in [5.74, 6) is 2.44. The second-order valence-corrected chi connectivity index (χ2v) is 8.45. The van der Waals surface area contributed by atoms with Crippen LogP contribution in [0.2, 0.25) is 0 Å². The van der Waals surface area contributed by atoms with Crippen LogP contribution < -0.4 is 25.7 Å². The van der Waals surface area contributed by atoms with E-state index >= 15 is 0 Å². The third-order valence-corrected chi connectivity index (χ3v) is 6.24. The first-order valence-corrected chi connectivity index (χ1v) is 11.2. The van der Waals surface area contributed by atoms with E-state index in [1.165, 1.54) is 5.56 Å². The van der Waals surface area contributed by atoms with E-state index in [0.29, 0.717) is 24.7 Å². The summed E-state index contributed by atoms with van der Waals surface area (Å²) in [5, 5.41) is 15.2. The van der Waals surface area contributed by atoms with Crippen molar-refractivity contribution in [3.63, 3.8) is 0 Å². The van der Waals surface area contributed by atoms with Crippen LogP contribution in [0.25, 0.3) is 0 Å². The average molecular weight is 453 g/mol. The van der Waals surface area contributed by atoms with Gasteiger partial charge in [-0.1, -0.05) is 12.1 Å². The van der Waals surface area contributed by atoms with Crippen LogP contribution in [-0.2, 0) is 19.6 Å². The zero-order valence-electron chi connectivity index (χ0n) is 19.0. The fourth-order valence-electron chi connectivity index (χ4n) is 4.27. The zero-order valence-corrected chi connectivity index (χ0v) is 19.0. The topological polar surface area (TPSA) is 134 Å². The van der Waals surface area contributed by atoms with Crippen LogP contribution in [0.5, 0.6) is 17.2 Å². The van der Waals surface area contributed by atoms with E-state index in [1.807, 2.05) is 46.2 Å². The minimum Gasteiger partial charge on any atom is -0.493 e. The molecule has 0 amide bonds. The molecule has 1 saturated heterocycles. The number of nitrogens with two attached hydrogens (primary N) is 2. The second kappa shape index (κ2) is 9.89. The Labute approximate surface area is 194 Å². The highest BCUT2D eigenvalue weighted by Crippen LogP contribution is 2.34. The minimum absolute atomic E-state index is 0.0886. The van der Waals surface area contributed by atoms with Gasteiger partial charge in [0.15, 0.2) is 23.4 Å². The Hall–Kier alpha value is -3.62. The van der Waals surface area contributed by atoms with Gasteiger partial charge in [0.1, 0.15) is 18.5 Å². The molecule has 2 aromatic rings. The van der Waals surface area contributed by atoms with Crippen LogP contribution in [0, 0.1) is 10.8 Å². The van der Waals surface area contributed by atoms with Crippen LogP contribution in [0.4, 0.5) is 0 Å². The van der Waals surface area contributed by atoms with Gasteiger partial charge in [0.2, 0.25) is 0 Å². The highest BCUT2D eigenvalue weighted by molar-refractivity contribution is 5.75. The van der Waals surface area contributed by atoms with Gasteiger partial charge >= 0.3 is 0 Å². The Bertz CT molecular complexity index is 1000. The molecule has 9 nitrogen and oxygen atoms in total. The number of rotatable bonds is 6. The fourth-order valence-corrected chi connectivity index (χ4v) is 4.27. The number of benzene rings is 2. The molecule has 0 spiro atoms. The molecule has 9 heteroatoms. The van der Waals surface area contributed by atoms with Crippen molar-refractivity contribution in [3.8, 4) is 17.2 Å². The number of ether oxygens (including phenoxy) is 3. The number of guanidine groups is 2. The maximum absolute atomic E-state index is 7.70. The molecule has 4 rings (SSSR count). The SMILES string of the molecule is COc1cc2c(cc1OCc1ccc(OC3CCN(C(=N)N)CC3)cc1)CN(C(=N)N)CC2. The smallest absolute Gasteiger partial charge is 0.188 e. The van der Waals surface area contributed by atoms with Gasteiger partial charge in [0.25, 0.3) is 0 Å².